The molecule has 1 unspecified atom stereocenters. The summed E-state index contributed by atoms with van der Waals surface area (Å²) in [5, 5.41) is 10.2. The minimum Gasteiger partial charge on any atom is -0.347 e. The van der Waals surface area contributed by atoms with Crippen LogP contribution in [0.25, 0.3) is 10.2 Å². The van der Waals surface area contributed by atoms with Crippen molar-refractivity contribution in [2.45, 2.75) is 25.8 Å². The maximum Gasteiger partial charge on any atom is 0.331 e. The van der Waals surface area contributed by atoms with Crippen molar-refractivity contribution in [1.82, 2.24) is 15.6 Å². The molecule has 29 heavy (non-hydrogen) atoms. The van der Waals surface area contributed by atoms with Crippen LogP contribution in [0.1, 0.15) is 28.1 Å². The molecule has 3 aromatic rings. The molecule has 1 aromatic carbocycles. The SMILES string of the molecule is Cc1ccccc1N1C(=O)Nc2c(C(=O)NC3CCCNC3)sc3nccc1c23. The maximum atomic E-state index is 13.1. The zero-order chi connectivity index (χ0) is 20.0. The van der Waals surface area contributed by atoms with Gasteiger partial charge in [-0.15, -0.1) is 11.3 Å². The first kappa shape index (κ1) is 18.1. The van der Waals surface area contributed by atoms with Gasteiger partial charge in [0, 0.05) is 18.8 Å². The molecule has 0 saturated carbocycles. The van der Waals surface area contributed by atoms with E-state index in [0.29, 0.717) is 10.6 Å². The number of thiophene rings is 1. The van der Waals surface area contributed by atoms with E-state index in [-0.39, 0.29) is 18.0 Å². The molecule has 1 atom stereocenters. The van der Waals surface area contributed by atoms with Crippen molar-refractivity contribution in [3.63, 3.8) is 0 Å². The third-order valence-electron chi connectivity index (χ3n) is 5.44. The van der Waals surface area contributed by atoms with Gasteiger partial charge in [-0.25, -0.2) is 9.78 Å². The summed E-state index contributed by atoms with van der Waals surface area (Å²) in [7, 11) is 0. The van der Waals surface area contributed by atoms with Crippen molar-refractivity contribution >= 4 is 50.6 Å². The molecule has 2 aromatic heterocycles. The number of carbonyl (C=O) groups is 2. The van der Waals surface area contributed by atoms with Crippen molar-refractivity contribution in [2.75, 3.05) is 23.3 Å². The number of aryl methyl sites for hydroxylation is 1. The van der Waals surface area contributed by atoms with E-state index < -0.39 is 0 Å². The Morgan fingerprint density at radius 3 is 2.93 bits per heavy atom. The lowest BCUT2D eigenvalue weighted by atomic mass is 10.1. The van der Waals surface area contributed by atoms with Gasteiger partial charge in [-0.3, -0.25) is 9.69 Å². The molecule has 7 nitrogen and oxygen atoms in total. The van der Waals surface area contributed by atoms with E-state index in [9.17, 15) is 9.59 Å². The van der Waals surface area contributed by atoms with Crippen molar-refractivity contribution in [1.29, 1.82) is 0 Å². The summed E-state index contributed by atoms with van der Waals surface area (Å²) in [5.41, 5.74) is 3.12. The Hall–Kier alpha value is -2.97. The Balaban J connectivity index is 1.58. The van der Waals surface area contributed by atoms with Gasteiger partial charge >= 0.3 is 6.03 Å². The van der Waals surface area contributed by atoms with Crippen molar-refractivity contribution in [3.8, 4) is 0 Å². The number of carbonyl (C=O) groups excluding carboxylic acids is 2. The molecule has 1 fully saturated rings. The monoisotopic (exact) mass is 407 g/mol. The highest BCUT2D eigenvalue weighted by Gasteiger charge is 2.33. The number of amides is 3. The third kappa shape index (κ3) is 3.04. The molecule has 0 radical (unpaired) electrons. The average molecular weight is 407 g/mol. The van der Waals surface area contributed by atoms with Gasteiger partial charge in [0.25, 0.3) is 5.91 Å². The zero-order valence-corrected chi connectivity index (χ0v) is 16.8. The number of piperidine rings is 1. The highest BCUT2D eigenvalue weighted by atomic mass is 32.1. The Kier molecular flexibility index (Phi) is 4.44. The topological polar surface area (TPSA) is 86.4 Å². The minimum atomic E-state index is -0.272. The van der Waals surface area contributed by atoms with Crippen LogP contribution in [-0.4, -0.2) is 36.1 Å². The Bertz CT molecular complexity index is 1120. The summed E-state index contributed by atoms with van der Waals surface area (Å²) in [6.07, 6.45) is 3.68. The minimum absolute atomic E-state index is 0.101. The van der Waals surface area contributed by atoms with Crippen LogP contribution in [0.4, 0.5) is 21.9 Å². The number of para-hydroxylation sites is 1. The van der Waals surface area contributed by atoms with Crippen LogP contribution in [0.5, 0.6) is 0 Å². The van der Waals surface area contributed by atoms with Gasteiger partial charge in [-0.1, -0.05) is 18.2 Å². The normalized spacial score (nSPS) is 18.6. The molecular formula is C21H21N5O2S. The first-order valence-electron chi connectivity index (χ1n) is 9.73. The standard InChI is InChI=1S/C21H21N5O2S/c1-12-5-2-3-7-14(12)26-15-8-10-23-20-16(15)17(25-21(26)28)18(29-20)19(27)24-13-6-4-9-22-11-13/h2-3,5,7-8,10,13,22H,4,6,9,11H2,1H3,(H,24,27)(H,25,28). The van der Waals surface area contributed by atoms with Gasteiger partial charge in [0.05, 0.1) is 22.4 Å². The molecule has 8 heteroatoms. The number of aromatic nitrogens is 1. The van der Waals surface area contributed by atoms with E-state index in [2.05, 4.69) is 20.9 Å². The quantitative estimate of drug-likeness (QED) is 0.617. The average Bonchev–Trinajstić information content (AvgIpc) is 3.10. The lowest BCUT2D eigenvalue weighted by Crippen LogP contribution is -2.45. The number of urea groups is 1. The van der Waals surface area contributed by atoms with Crippen LogP contribution in [0.15, 0.2) is 36.5 Å². The van der Waals surface area contributed by atoms with Gasteiger partial charge in [-0.05, 0) is 44.0 Å². The second-order valence-corrected chi connectivity index (χ2v) is 8.38. The predicted octanol–water partition coefficient (Wildman–Crippen LogP) is 3.77. The first-order chi connectivity index (χ1) is 14.1. The summed E-state index contributed by atoms with van der Waals surface area (Å²) in [4.78, 5) is 33.4. The molecule has 3 amide bonds. The van der Waals surface area contributed by atoms with Crippen LogP contribution in [-0.2, 0) is 0 Å². The van der Waals surface area contributed by atoms with E-state index in [1.54, 1.807) is 11.1 Å². The van der Waals surface area contributed by atoms with E-state index in [4.69, 9.17) is 0 Å². The highest BCUT2D eigenvalue weighted by molar-refractivity contribution is 7.21. The molecule has 148 valence electrons. The van der Waals surface area contributed by atoms with E-state index >= 15 is 0 Å². The molecule has 0 bridgehead atoms. The highest BCUT2D eigenvalue weighted by Crippen LogP contribution is 2.46. The second-order valence-electron chi connectivity index (χ2n) is 7.39. The lowest BCUT2D eigenvalue weighted by Gasteiger charge is -2.29. The summed E-state index contributed by atoms with van der Waals surface area (Å²) in [6, 6.07) is 9.41. The van der Waals surface area contributed by atoms with E-state index in [1.807, 2.05) is 37.3 Å². The number of pyridine rings is 1. The zero-order valence-electron chi connectivity index (χ0n) is 16.0. The van der Waals surface area contributed by atoms with Gasteiger partial charge in [-0.2, -0.15) is 0 Å². The predicted molar refractivity (Wildman–Crippen MR) is 115 cm³/mol. The van der Waals surface area contributed by atoms with Crippen molar-refractivity contribution in [3.05, 3.63) is 47.0 Å². The summed E-state index contributed by atoms with van der Waals surface area (Å²) in [6.45, 7) is 3.72. The fourth-order valence-corrected chi connectivity index (χ4v) is 5.05. The van der Waals surface area contributed by atoms with Crippen LogP contribution >= 0.6 is 11.3 Å². The lowest BCUT2D eigenvalue weighted by molar-refractivity contribution is 0.0935. The Morgan fingerprint density at radius 1 is 1.28 bits per heavy atom. The van der Waals surface area contributed by atoms with Crippen LogP contribution in [0, 0.1) is 6.92 Å². The summed E-state index contributed by atoms with van der Waals surface area (Å²) < 4.78 is 0. The van der Waals surface area contributed by atoms with Crippen LogP contribution < -0.4 is 20.9 Å². The number of benzene rings is 1. The Labute approximate surface area is 172 Å². The maximum absolute atomic E-state index is 13.1. The van der Waals surface area contributed by atoms with Crippen LogP contribution in [0.3, 0.4) is 0 Å². The first-order valence-corrected chi connectivity index (χ1v) is 10.5. The van der Waals surface area contributed by atoms with E-state index in [1.165, 1.54) is 11.3 Å². The summed E-state index contributed by atoms with van der Waals surface area (Å²) in [5.74, 6) is -0.160. The molecule has 5 rings (SSSR count). The van der Waals surface area contributed by atoms with Crippen molar-refractivity contribution in [2.24, 2.45) is 0 Å². The van der Waals surface area contributed by atoms with Gasteiger partial charge in [0.15, 0.2) is 0 Å². The molecule has 1 saturated heterocycles. The smallest absolute Gasteiger partial charge is 0.331 e. The van der Waals surface area contributed by atoms with Gasteiger partial charge < -0.3 is 16.0 Å². The molecule has 4 heterocycles. The number of rotatable bonds is 3. The van der Waals surface area contributed by atoms with E-state index in [0.717, 1.165) is 53.1 Å². The second kappa shape index (κ2) is 7.13. The van der Waals surface area contributed by atoms with Gasteiger partial charge in [0.1, 0.15) is 9.71 Å². The number of anilines is 3. The van der Waals surface area contributed by atoms with Crippen molar-refractivity contribution < 1.29 is 9.59 Å². The van der Waals surface area contributed by atoms with Gasteiger partial charge in [0.2, 0.25) is 0 Å². The molecule has 2 aliphatic heterocycles. The molecule has 0 aliphatic carbocycles. The van der Waals surface area contributed by atoms with Crippen LogP contribution in [0.2, 0.25) is 0 Å². The fraction of sp³-hybridized carbons (Fsp3) is 0.286. The Morgan fingerprint density at radius 2 is 2.14 bits per heavy atom. The largest absolute Gasteiger partial charge is 0.347 e. The number of nitrogens with zero attached hydrogens (tertiary/aromatic N) is 2. The molecule has 2 aliphatic rings. The number of nitrogens with one attached hydrogen (secondary N) is 3. The fourth-order valence-electron chi connectivity index (χ4n) is 4.02. The molecular weight excluding hydrogens is 386 g/mol. The summed E-state index contributed by atoms with van der Waals surface area (Å²) >= 11 is 1.32. The number of hydrogen-bond acceptors (Lipinski definition) is 5. The molecule has 3 N–H and O–H groups in total. The molecule has 0 spiro atoms. The number of hydrogen-bond donors (Lipinski definition) is 3. The third-order valence-corrected chi connectivity index (χ3v) is 6.54.